The van der Waals surface area contributed by atoms with Gasteiger partial charge in [-0.15, -0.1) is 0 Å². The van der Waals surface area contributed by atoms with Crippen LogP contribution < -0.4 is 0 Å². The van der Waals surface area contributed by atoms with Gasteiger partial charge >= 0.3 is 0 Å². The lowest BCUT2D eigenvalue weighted by molar-refractivity contribution is -0.133. The van der Waals surface area contributed by atoms with E-state index in [9.17, 15) is 9.18 Å². The molecule has 1 aliphatic carbocycles. The summed E-state index contributed by atoms with van der Waals surface area (Å²) in [5, 5.41) is 4.70. The number of piperidine rings is 1. The molecule has 1 amide bonds. The Morgan fingerprint density at radius 3 is 2.51 bits per heavy atom. The molecule has 6 nitrogen and oxygen atoms in total. The minimum atomic E-state index is -0.280. The summed E-state index contributed by atoms with van der Waals surface area (Å²) in [7, 11) is 0. The minimum absolute atomic E-state index is 0.110. The molecule has 35 heavy (non-hydrogen) atoms. The molecule has 0 N–H and O–H groups in total. The molecule has 1 aromatic carbocycles. The van der Waals surface area contributed by atoms with E-state index in [-0.39, 0.29) is 18.3 Å². The van der Waals surface area contributed by atoms with Crippen LogP contribution in [0.1, 0.15) is 67.9 Å². The number of hydrogen-bond acceptors (Lipinski definition) is 4. The molecule has 5 rings (SSSR count). The highest BCUT2D eigenvalue weighted by molar-refractivity contribution is 5.76. The molecule has 184 valence electrons. The van der Waals surface area contributed by atoms with Crippen molar-refractivity contribution in [3.63, 3.8) is 0 Å². The molecule has 0 atom stereocenters. The van der Waals surface area contributed by atoms with Crippen LogP contribution in [0.3, 0.4) is 0 Å². The smallest absolute Gasteiger partial charge is 0.244 e. The van der Waals surface area contributed by atoms with E-state index in [0.717, 1.165) is 68.7 Å². The van der Waals surface area contributed by atoms with Gasteiger partial charge < -0.3 is 4.90 Å². The number of rotatable bonds is 7. The van der Waals surface area contributed by atoms with Crippen molar-refractivity contribution < 1.29 is 9.18 Å². The Morgan fingerprint density at radius 2 is 1.80 bits per heavy atom. The van der Waals surface area contributed by atoms with Crippen LogP contribution in [0.4, 0.5) is 4.39 Å². The monoisotopic (exact) mass is 475 g/mol. The first kappa shape index (κ1) is 23.6. The van der Waals surface area contributed by atoms with Crippen LogP contribution in [0, 0.1) is 18.7 Å². The van der Waals surface area contributed by atoms with E-state index >= 15 is 0 Å². The van der Waals surface area contributed by atoms with E-state index < -0.39 is 0 Å². The van der Waals surface area contributed by atoms with Crippen molar-refractivity contribution in [1.29, 1.82) is 0 Å². The number of pyridine rings is 1. The standard InChI is InChI=1S/C28H34FN5O/c1-20-12-15-30-25(18-20)11-6-21-13-16-33(17-14-21)26(35)19-34-28(23-4-2-3-5-23)31-27(32-34)22-7-9-24(29)10-8-22/h7-10,12,15,18,21,23H,2-6,11,13-14,16-17,19H2,1H3. The van der Waals surface area contributed by atoms with Crippen LogP contribution in [0.15, 0.2) is 42.6 Å². The van der Waals surface area contributed by atoms with Crippen LogP contribution in [0.5, 0.6) is 0 Å². The summed E-state index contributed by atoms with van der Waals surface area (Å²) in [4.78, 5) is 24.5. The van der Waals surface area contributed by atoms with Crippen LogP contribution >= 0.6 is 0 Å². The highest BCUT2D eigenvalue weighted by Gasteiger charge is 2.28. The second-order valence-corrected chi connectivity index (χ2v) is 10.1. The van der Waals surface area contributed by atoms with Gasteiger partial charge in [-0.05, 0) is 93.3 Å². The molecule has 2 aromatic heterocycles. The molecule has 3 heterocycles. The first-order valence-corrected chi connectivity index (χ1v) is 12.9. The molecule has 0 bridgehead atoms. The Bertz CT molecular complexity index is 1140. The number of amides is 1. The zero-order valence-electron chi connectivity index (χ0n) is 20.5. The fourth-order valence-electron chi connectivity index (χ4n) is 5.46. The number of aryl methyl sites for hydroxylation is 2. The molecule has 2 fully saturated rings. The zero-order valence-corrected chi connectivity index (χ0v) is 20.5. The molecule has 1 saturated carbocycles. The molecule has 3 aromatic rings. The summed E-state index contributed by atoms with van der Waals surface area (Å²) in [6, 6.07) is 10.5. The van der Waals surface area contributed by atoms with Crippen LogP contribution in [0.25, 0.3) is 11.4 Å². The van der Waals surface area contributed by atoms with E-state index in [4.69, 9.17) is 10.1 Å². The summed E-state index contributed by atoms with van der Waals surface area (Å²) in [5.41, 5.74) is 3.19. The number of carbonyl (C=O) groups is 1. The Morgan fingerprint density at radius 1 is 1.06 bits per heavy atom. The minimum Gasteiger partial charge on any atom is -0.341 e. The van der Waals surface area contributed by atoms with Crippen molar-refractivity contribution in [3.8, 4) is 11.4 Å². The third-order valence-corrected chi connectivity index (χ3v) is 7.56. The van der Waals surface area contributed by atoms with Crippen LogP contribution in [-0.4, -0.2) is 43.6 Å². The number of halogens is 1. The Balaban J connectivity index is 1.21. The van der Waals surface area contributed by atoms with Gasteiger partial charge in [0.15, 0.2) is 5.82 Å². The quantitative estimate of drug-likeness (QED) is 0.464. The number of hydrogen-bond donors (Lipinski definition) is 0. The third-order valence-electron chi connectivity index (χ3n) is 7.56. The number of nitrogens with zero attached hydrogens (tertiary/aromatic N) is 5. The molecule has 0 spiro atoms. The van der Waals surface area contributed by atoms with E-state index in [2.05, 4.69) is 18.0 Å². The zero-order chi connectivity index (χ0) is 24.2. The van der Waals surface area contributed by atoms with Gasteiger partial charge in [-0.1, -0.05) is 12.8 Å². The van der Waals surface area contributed by atoms with Crippen molar-refractivity contribution in [2.24, 2.45) is 5.92 Å². The fourth-order valence-corrected chi connectivity index (χ4v) is 5.46. The van der Waals surface area contributed by atoms with Gasteiger partial charge in [0.1, 0.15) is 18.2 Å². The summed E-state index contributed by atoms with van der Waals surface area (Å²) >= 11 is 0. The maximum absolute atomic E-state index is 13.4. The van der Waals surface area contributed by atoms with E-state index in [1.165, 1.54) is 30.5 Å². The average Bonchev–Trinajstić information content (AvgIpc) is 3.54. The van der Waals surface area contributed by atoms with Gasteiger partial charge in [0.25, 0.3) is 0 Å². The number of aromatic nitrogens is 4. The lowest BCUT2D eigenvalue weighted by atomic mass is 9.91. The van der Waals surface area contributed by atoms with Gasteiger partial charge in [-0.2, -0.15) is 5.10 Å². The normalized spacial score (nSPS) is 17.3. The van der Waals surface area contributed by atoms with E-state index in [1.807, 2.05) is 21.8 Å². The SMILES string of the molecule is Cc1ccnc(CCC2CCN(C(=O)Cn3nc(-c4ccc(F)cc4)nc3C3CCCC3)CC2)c1. The largest absolute Gasteiger partial charge is 0.341 e. The van der Waals surface area contributed by atoms with Gasteiger partial charge in [0.05, 0.1) is 0 Å². The first-order valence-electron chi connectivity index (χ1n) is 12.9. The lowest BCUT2D eigenvalue weighted by Gasteiger charge is -2.32. The average molecular weight is 476 g/mol. The van der Waals surface area contributed by atoms with Crippen LogP contribution in [0.2, 0.25) is 0 Å². The highest BCUT2D eigenvalue weighted by Crippen LogP contribution is 2.34. The first-order chi connectivity index (χ1) is 17.0. The van der Waals surface area contributed by atoms with Crippen LogP contribution in [-0.2, 0) is 17.8 Å². The van der Waals surface area contributed by atoms with E-state index in [1.54, 1.807) is 12.1 Å². The Hall–Kier alpha value is -3.09. The molecule has 2 aliphatic rings. The second kappa shape index (κ2) is 10.7. The molecular weight excluding hydrogens is 441 g/mol. The van der Waals surface area contributed by atoms with Gasteiger partial charge in [-0.3, -0.25) is 9.78 Å². The molecule has 0 radical (unpaired) electrons. The molecule has 1 saturated heterocycles. The molecule has 7 heteroatoms. The molecule has 1 aliphatic heterocycles. The van der Waals surface area contributed by atoms with Crippen molar-refractivity contribution in [1.82, 2.24) is 24.6 Å². The predicted octanol–water partition coefficient (Wildman–Crippen LogP) is 5.32. The topological polar surface area (TPSA) is 63.9 Å². The van der Waals surface area contributed by atoms with Crippen molar-refractivity contribution in [2.45, 2.75) is 70.8 Å². The van der Waals surface area contributed by atoms with E-state index in [0.29, 0.717) is 17.7 Å². The second-order valence-electron chi connectivity index (χ2n) is 10.1. The fraction of sp³-hybridized carbons (Fsp3) is 0.500. The summed E-state index contributed by atoms with van der Waals surface area (Å²) in [5.74, 6) is 2.27. The summed E-state index contributed by atoms with van der Waals surface area (Å²) in [6.07, 6.45) is 10.6. The maximum atomic E-state index is 13.4. The van der Waals surface area contributed by atoms with Gasteiger partial charge in [-0.25, -0.2) is 14.1 Å². The number of likely N-dealkylation sites (tertiary alicyclic amines) is 1. The van der Waals surface area contributed by atoms with Gasteiger partial charge in [0.2, 0.25) is 5.91 Å². The Kier molecular flexibility index (Phi) is 7.21. The third kappa shape index (κ3) is 5.77. The number of carbonyl (C=O) groups excluding carboxylic acids is 1. The predicted molar refractivity (Wildman–Crippen MR) is 133 cm³/mol. The summed E-state index contributed by atoms with van der Waals surface area (Å²) < 4.78 is 15.2. The molecule has 0 unspecified atom stereocenters. The van der Waals surface area contributed by atoms with Crippen molar-refractivity contribution in [3.05, 3.63) is 65.5 Å². The van der Waals surface area contributed by atoms with Gasteiger partial charge in [0, 0.05) is 36.5 Å². The highest BCUT2D eigenvalue weighted by atomic mass is 19.1. The Labute approximate surface area is 206 Å². The van der Waals surface area contributed by atoms with Crippen molar-refractivity contribution in [2.75, 3.05) is 13.1 Å². The lowest BCUT2D eigenvalue weighted by Crippen LogP contribution is -2.40. The number of benzene rings is 1. The summed E-state index contributed by atoms with van der Waals surface area (Å²) in [6.45, 7) is 3.91. The maximum Gasteiger partial charge on any atom is 0.244 e. The van der Waals surface area contributed by atoms with Crippen molar-refractivity contribution >= 4 is 5.91 Å². The molecular formula is C28H34FN5O.